The monoisotopic (exact) mass is 1100 g/mol. The number of nitrogens with two attached hydrogens (primary N) is 2. The van der Waals surface area contributed by atoms with Gasteiger partial charge in [0.2, 0.25) is 29.6 Å². The maximum Gasteiger partial charge on any atom is 0.407 e. The fourth-order valence-corrected chi connectivity index (χ4v) is 8.38. The van der Waals surface area contributed by atoms with E-state index in [0.717, 1.165) is 0 Å². The first-order valence-corrected chi connectivity index (χ1v) is 26.4. The number of hydrogen-bond acceptors (Lipinski definition) is 17. The molecule has 76 heavy (non-hydrogen) atoms. The minimum Gasteiger partial charge on any atom is -0.496 e. The topological polar surface area (TPSA) is 374 Å². The summed E-state index contributed by atoms with van der Waals surface area (Å²) in [5, 5.41) is 21.8. The molecule has 0 bridgehead atoms. The number of carboxylic acid groups (broad SMARTS) is 1. The summed E-state index contributed by atoms with van der Waals surface area (Å²) in [6, 6.07) is -4.47. The number of amides is 5. The van der Waals surface area contributed by atoms with Crippen LogP contribution in [0, 0.1) is 26.7 Å². The van der Waals surface area contributed by atoms with Crippen molar-refractivity contribution in [2.45, 2.75) is 194 Å². The number of aliphatic carboxylic acids is 1. The van der Waals surface area contributed by atoms with Crippen molar-refractivity contribution in [1.29, 1.82) is 0 Å². The predicted octanol–water partition coefficient (Wildman–Crippen LogP) is 2.18. The van der Waals surface area contributed by atoms with Gasteiger partial charge in [-0.3, -0.25) is 38.6 Å². The van der Waals surface area contributed by atoms with Gasteiger partial charge in [0.1, 0.15) is 47.2 Å². The van der Waals surface area contributed by atoms with Crippen LogP contribution in [0.1, 0.15) is 138 Å². The predicted molar refractivity (Wildman–Crippen MR) is 281 cm³/mol. The van der Waals surface area contributed by atoms with Crippen LogP contribution < -0.4 is 47.5 Å². The molecule has 1 aromatic rings. The maximum atomic E-state index is 14.3. The summed E-state index contributed by atoms with van der Waals surface area (Å²) in [6.07, 6.45) is -1.15. The van der Waals surface area contributed by atoms with Crippen LogP contribution in [0.25, 0.3) is 0 Å². The maximum absolute atomic E-state index is 14.3. The third kappa shape index (κ3) is 26.0. The smallest absolute Gasteiger partial charge is 0.407 e. The van der Waals surface area contributed by atoms with Gasteiger partial charge in [0.15, 0.2) is 5.92 Å². The highest BCUT2D eigenvalue weighted by molar-refractivity contribution is 7.90. The molecule has 432 valence electrons. The summed E-state index contributed by atoms with van der Waals surface area (Å²) < 4.78 is 56.5. The molecule has 0 saturated carbocycles. The van der Waals surface area contributed by atoms with Crippen molar-refractivity contribution in [2.75, 3.05) is 33.4 Å². The molecule has 0 radical (unpaired) electrons. The molecule has 25 nitrogen and oxygen atoms in total. The van der Waals surface area contributed by atoms with E-state index in [9.17, 15) is 51.9 Å². The summed E-state index contributed by atoms with van der Waals surface area (Å²) in [4.78, 5) is 110. The number of rotatable bonds is 27. The minimum absolute atomic E-state index is 0.0118. The van der Waals surface area contributed by atoms with Gasteiger partial charge >= 0.3 is 24.0 Å². The standard InChI is InChI=1S/C50H85N9O16S/c1-28-24-36(71-16)29(2)30(3)38(28)76(69,70)59-45(52)53-23-19-21-33(40(63)55-26-37(60)61)56-41(64)34(20-17-18-22-54-46(68)75-50(13,14)15)57-42(65)35(27-72-47(4,5)6)58-39(62)32(51)25-31(43(66)73-48(7,8)9)44(67)74-49(10,11)12/h24,31-35H,17-23,25-27,51H2,1-16H3,(H,54,68)(H,55,63)(H,56,64)(H,57,65)(H,58,62)(H,60,61)(H3,52,53,59)/t32-,33-,34-,35-/m0/s1. The molecule has 5 amide bonds. The number of methoxy groups -OCH3 is 1. The van der Waals surface area contributed by atoms with Crippen molar-refractivity contribution < 1.29 is 75.6 Å². The van der Waals surface area contributed by atoms with Crippen molar-refractivity contribution >= 4 is 63.6 Å². The Balaban J connectivity index is 3.57. The number of carbonyl (C=O) groups excluding carboxylic acids is 7. The molecule has 11 N–H and O–H groups in total. The summed E-state index contributed by atoms with van der Waals surface area (Å²) in [5.74, 6) is -8.79. The van der Waals surface area contributed by atoms with Gasteiger partial charge in [0.05, 0.1) is 30.3 Å². The van der Waals surface area contributed by atoms with Crippen molar-refractivity contribution in [3.8, 4) is 5.75 Å². The van der Waals surface area contributed by atoms with E-state index >= 15 is 0 Å². The SMILES string of the molecule is COc1cc(C)c(S(=O)(=O)NC(N)=NCCC[C@H](NC(=O)[C@H](CCCCNC(=O)OC(C)(C)C)NC(=O)[C@H](COC(C)(C)C)NC(=O)[C@@H](N)CC(C(=O)OC(C)(C)C)C(=O)OC(C)(C)C)C(=O)NCC(=O)O)c(C)c1C. The Kier molecular flexibility index (Phi) is 26.1. The number of nitrogens with one attached hydrogen (secondary N) is 6. The molecule has 0 aliphatic carbocycles. The van der Waals surface area contributed by atoms with Crippen LogP contribution in [0.3, 0.4) is 0 Å². The highest BCUT2D eigenvalue weighted by Gasteiger charge is 2.39. The molecule has 0 aliphatic rings. The van der Waals surface area contributed by atoms with Crippen LogP contribution in [0.4, 0.5) is 4.79 Å². The Morgan fingerprint density at radius 1 is 0.671 bits per heavy atom. The van der Waals surface area contributed by atoms with Crippen molar-refractivity contribution in [3.63, 3.8) is 0 Å². The van der Waals surface area contributed by atoms with E-state index in [-0.39, 0.29) is 50.1 Å². The van der Waals surface area contributed by atoms with Gasteiger partial charge < -0.3 is 66.8 Å². The Hall–Kier alpha value is -6.28. The average Bonchev–Trinajstić information content (AvgIpc) is 3.24. The molecule has 0 fully saturated rings. The largest absolute Gasteiger partial charge is 0.496 e. The van der Waals surface area contributed by atoms with Gasteiger partial charge in [0.25, 0.3) is 10.0 Å². The Bertz CT molecular complexity index is 2320. The first-order valence-electron chi connectivity index (χ1n) is 24.9. The number of esters is 2. The van der Waals surface area contributed by atoms with E-state index in [1.54, 1.807) is 110 Å². The van der Waals surface area contributed by atoms with E-state index in [1.165, 1.54) is 7.11 Å². The Labute approximate surface area is 447 Å². The van der Waals surface area contributed by atoms with Gasteiger partial charge in [-0.25, -0.2) is 17.9 Å². The van der Waals surface area contributed by atoms with Gasteiger partial charge in [-0.1, -0.05) is 0 Å². The number of unbranched alkanes of at least 4 members (excludes halogenated alkanes) is 1. The molecule has 4 atom stereocenters. The molecule has 0 heterocycles. The van der Waals surface area contributed by atoms with Gasteiger partial charge in [-0.05, 0) is 165 Å². The Morgan fingerprint density at radius 3 is 1.67 bits per heavy atom. The number of aliphatic imine (C=N–C) groups is 1. The van der Waals surface area contributed by atoms with Crippen LogP contribution in [-0.4, -0.2) is 147 Å². The lowest BCUT2D eigenvalue weighted by Crippen LogP contribution is -2.59. The lowest BCUT2D eigenvalue weighted by atomic mass is 9.98. The first-order chi connectivity index (χ1) is 34.7. The van der Waals surface area contributed by atoms with E-state index in [1.807, 2.05) is 0 Å². The second-order valence-corrected chi connectivity index (χ2v) is 23.7. The quantitative estimate of drug-likeness (QED) is 0.0152. The van der Waals surface area contributed by atoms with Crippen LogP contribution in [0.2, 0.25) is 0 Å². The van der Waals surface area contributed by atoms with E-state index in [0.29, 0.717) is 22.4 Å². The fourth-order valence-electron chi connectivity index (χ4n) is 6.90. The molecule has 0 aromatic heterocycles. The van der Waals surface area contributed by atoms with E-state index < -0.39 is 136 Å². The van der Waals surface area contributed by atoms with Gasteiger partial charge in [-0.15, -0.1) is 0 Å². The molecule has 0 saturated heterocycles. The van der Waals surface area contributed by atoms with E-state index in [4.69, 9.17) is 35.2 Å². The number of hydrogen-bond donors (Lipinski definition) is 9. The second-order valence-electron chi connectivity index (χ2n) is 22.1. The average molecular weight is 1100 g/mol. The highest BCUT2D eigenvalue weighted by Crippen LogP contribution is 2.30. The van der Waals surface area contributed by atoms with E-state index in [2.05, 4.69) is 36.3 Å². The number of ether oxygens (including phenoxy) is 5. The zero-order valence-electron chi connectivity index (χ0n) is 47.1. The molecule has 1 rings (SSSR count). The highest BCUT2D eigenvalue weighted by atomic mass is 32.2. The number of carbonyl (C=O) groups is 8. The molecule has 0 aliphatic heterocycles. The molecular formula is C50H85N9O16S. The normalized spacial score (nSPS) is 14.0. The fraction of sp³-hybridized carbons (Fsp3) is 0.700. The first kappa shape index (κ1) is 67.7. The van der Waals surface area contributed by atoms with Crippen molar-refractivity contribution in [1.82, 2.24) is 31.3 Å². The number of benzene rings is 1. The molecular weight excluding hydrogens is 1010 g/mol. The molecule has 26 heteroatoms. The third-order valence-corrected chi connectivity index (χ3v) is 12.1. The van der Waals surface area contributed by atoms with Gasteiger partial charge in [0, 0.05) is 13.1 Å². The summed E-state index contributed by atoms with van der Waals surface area (Å²) in [6.45, 7) is 23.2. The van der Waals surface area contributed by atoms with Crippen LogP contribution in [0.15, 0.2) is 16.0 Å². The Morgan fingerprint density at radius 2 is 1.17 bits per heavy atom. The molecule has 1 aromatic carbocycles. The van der Waals surface area contributed by atoms with Crippen molar-refractivity contribution in [3.05, 3.63) is 22.8 Å². The number of alkyl carbamates (subject to hydrolysis) is 1. The lowest BCUT2D eigenvalue weighted by Gasteiger charge is -2.29. The van der Waals surface area contributed by atoms with Crippen LogP contribution >= 0.6 is 0 Å². The lowest BCUT2D eigenvalue weighted by molar-refractivity contribution is -0.175. The van der Waals surface area contributed by atoms with Crippen molar-refractivity contribution in [2.24, 2.45) is 22.4 Å². The summed E-state index contributed by atoms with van der Waals surface area (Å²) >= 11 is 0. The molecule has 0 spiro atoms. The number of carboxylic acids is 1. The zero-order valence-corrected chi connectivity index (χ0v) is 47.9. The number of sulfonamides is 1. The van der Waals surface area contributed by atoms with Gasteiger partial charge in [-0.2, -0.15) is 0 Å². The zero-order chi connectivity index (χ0) is 58.7. The summed E-state index contributed by atoms with van der Waals surface area (Å²) in [5.41, 5.74) is 10.0. The minimum atomic E-state index is -4.23. The second kappa shape index (κ2) is 29.3. The number of guanidine groups is 1. The van der Waals surface area contributed by atoms with Crippen LogP contribution in [0.5, 0.6) is 5.75 Å². The molecule has 0 unspecified atom stereocenters. The summed E-state index contributed by atoms with van der Waals surface area (Å²) in [7, 11) is -2.77. The number of aryl methyl sites for hydroxylation is 1. The number of nitrogens with zero attached hydrogens (tertiary/aromatic N) is 1. The van der Waals surface area contributed by atoms with Crippen LogP contribution in [-0.2, 0) is 62.5 Å². The third-order valence-electron chi connectivity index (χ3n) is 10.4.